The predicted molar refractivity (Wildman–Crippen MR) is 126 cm³/mol. The van der Waals surface area contributed by atoms with Crippen LogP contribution in [0.3, 0.4) is 0 Å². The molecule has 0 aromatic heterocycles. The lowest BCUT2D eigenvalue weighted by atomic mass is 9.94. The Bertz CT molecular complexity index is 912. The first-order valence-corrected chi connectivity index (χ1v) is 11.6. The predicted octanol–water partition coefficient (Wildman–Crippen LogP) is 3.96. The standard InChI is InChI=1S/C26H33N3O3/c1-19-7-9-21(10-8-19)26(31)29-17-15-28(16-18-29)24(20-5-3-4-6-20)25(30)27-22-11-13-23(32-2)14-12-22/h7-14,20,24H,3-6,15-18H2,1-2H3,(H,27,30). The first kappa shape index (κ1) is 22.3. The van der Waals surface area contributed by atoms with Crippen molar-refractivity contribution in [2.24, 2.45) is 5.92 Å². The number of anilines is 1. The van der Waals surface area contributed by atoms with E-state index in [1.165, 1.54) is 12.8 Å². The molecule has 170 valence electrons. The van der Waals surface area contributed by atoms with Crippen molar-refractivity contribution in [3.05, 3.63) is 59.7 Å². The number of methoxy groups -OCH3 is 1. The van der Waals surface area contributed by atoms with Crippen LogP contribution in [0.1, 0.15) is 41.6 Å². The van der Waals surface area contributed by atoms with Gasteiger partial charge in [0.15, 0.2) is 0 Å². The minimum absolute atomic E-state index is 0.0559. The molecule has 2 aliphatic rings. The number of piperazine rings is 1. The summed E-state index contributed by atoms with van der Waals surface area (Å²) in [4.78, 5) is 30.4. The van der Waals surface area contributed by atoms with Gasteiger partial charge >= 0.3 is 0 Å². The molecule has 1 heterocycles. The number of benzene rings is 2. The number of hydrogen-bond acceptors (Lipinski definition) is 4. The second-order valence-corrected chi connectivity index (χ2v) is 8.90. The third-order valence-corrected chi connectivity index (χ3v) is 6.77. The highest BCUT2D eigenvalue weighted by Crippen LogP contribution is 2.32. The summed E-state index contributed by atoms with van der Waals surface area (Å²) < 4.78 is 5.21. The van der Waals surface area contributed by atoms with Crippen LogP contribution in [0, 0.1) is 12.8 Å². The molecule has 1 saturated heterocycles. The van der Waals surface area contributed by atoms with Gasteiger partial charge in [0.1, 0.15) is 5.75 Å². The van der Waals surface area contributed by atoms with Gasteiger partial charge in [-0.05, 0) is 62.1 Å². The number of ether oxygens (including phenoxy) is 1. The fraction of sp³-hybridized carbons (Fsp3) is 0.462. The molecule has 2 aromatic rings. The number of nitrogens with one attached hydrogen (secondary N) is 1. The highest BCUT2D eigenvalue weighted by Gasteiger charge is 2.37. The molecule has 1 aliphatic heterocycles. The number of nitrogens with zero attached hydrogens (tertiary/aromatic N) is 2. The lowest BCUT2D eigenvalue weighted by Gasteiger charge is -2.40. The van der Waals surface area contributed by atoms with Gasteiger partial charge in [0.2, 0.25) is 5.91 Å². The van der Waals surface area contributed by atoms with Crippen LogP contribution in [-0.2, 0) is 4.79 Å². The van der Waals surface area contributed by atoms with E-state index in [9.17, 15) is 9.59 Å². The molecule has 6 heteroatoms. The Morgan fingerprint density at radius 2 is 1.56 bits per heavy atom. The second kappa shape index (κ2) is 10.2. The number of hydrogen-bond donors (Lipinski definition) is 1. The van der Waals surface area contributed by atoms with Crippen LogP contribution in [0.5, 0.6) is 5.75 Å². The van der Waals surface area contributed by atoms with Crippen LogP contribution < -0.4 is 10.1 Å². The Morgan fingerprint density at radius 3 is 2.16 bits per heavy atom. The molecule has 6 nitrogen and oxygen atoms in total. The van der Waals surface area contributed by atoms with E-state index in [0.717, 1.165) is 48.5 Å². The molecule has 0 radical (unpaired) electrons. The topological polar surface area (TPSA) is 61.9 Å². The smallest absolute Gasteiger partial charge is 0.253 e. The minimum atomic E-state index is -0.156. The van der Waals surface area contributed by atoms with Crippen molar-refractivity contribution in [3.63, 3.8) is 0 Å². The number of carbonyl (C=O) groups excluding carboxylic acids is 2. The summed E-state index contributed by atoms with van der Waals surface area (Å²) in [5, 5.41) is 3.12. The molecule has 1 N–H and O–H groups in total. The molecule has 4 rings (SSSR count). The van der Waals surface area contributed by atoms with Gasteiger partial charge in [-0.1, -0.05) is 30.5 Å². The molecule has 2 fully saturated rings. The summed E-state index contributed by atoms with van der Waals surface area (Å²) in [6, 6.07) is 15.1. The Kier molecular flexibility index (Phi) is 7.10. The third kappa shape index (κ3) is 5.13. The second-order valence-electron chi connectivity index (χ2n) is 8.90. The summed E-state index contributed by atoms with van der Waals surface area (Å²) in [6.45, 7) is 4.74. The maximum atomic E-state index is 13.4. The van der Waals surface area contributed by atoms with Crippen LogP contribution in [0.4, 0.5) is 5.69 Å². The minimum Gasteiger partial charge on any atom is -0.497 e. The molecule has 32 heavy (non-hydrogen) atoms. The van der Waals surface area contributed by atoms with Gasteiger partial charge in [-0.2, -0.15) is 0 Å². The largest absolute Gasteiger partial charge is 0.497 e. The molecule has 1 unspecified atom stereocenters. The van der Waals surface area contributed by atoms with E-state index < -0.39 is 0 Å². The lowest BCUT2D eigenvalue weighted by molar-refractivity contribution is -0.123. The van der Waals surface area contributed by atoms with Gasteiger partial charge in [0.05, 0.1) is 13.2 Å². The monoisotopic (exact) mass is 435 g/mol. The molecule has 1 aliphatic carbocycles. The summed E-state index contributed by atoms with van der Waals surface area (Å²) in [7, 11) is 1.63. The van der Waals surface area contributed by atoms with Gasteiger partial charge in [0, 0.05) is 37.4 Å². The Balaban J connectivity index is 1.41. The lowest BCUT2D eigenvalue weighted by Crippen LogP contribution is -2.56. The molecular formula is C26H33N3O3. The van der Waals surface area contributed by atoms with Crippen LogP contribution in [0.25, 0.3) is 0 Å². The van der Waals surface area contributed by atoms with Crippen molar-refractivity contribution in [3.8, 4) is 5.75 Å². The van der Waals surface area contributed by atoms with Gasteiger partial charge in [-0.3, -0.25) is 14.5 Å². The maximum absolute atomic E-state index is 13.4. The van der Waals surface area contributed by atoms with E-state index >= 15 is 0 Å². The van der Waals surface area contributed by atoms with E-state index in [1.807, 2.05) is 60.4 Å². The van der Waals surface area contributed by atoms with E-state index in [-0.39, 0.29) is 17.9 Å². The summed E-state index contributed by atoms with van der Waals surface area (Å²) in [5.74, 6) is 1.27. The van der Waals surface area contributed by atoms with Gasteiger partial charge in [-0.25, -0.2) is 0 Å². The highest BCUT2D eigenvalue weighted by molar-refractivity contribution is 5.95. The first-order valence-electron chi connectivity index (χ1n) is 11.6. The fourth-order valence-electron chi connectivity index (χ4n) is 4.92. The van der Waals surface area contributed by atoms with Crippen molar-refractivity contribution in [2.45, 2.75) is 38.6 Å². The van der Waals surface area contributed by atoms with Gasteiger partial charge in [0.25, 0.3) is 5.91 Å². The summed E-state index contributed by atoms with van der Waals surface area (Å²) >= 11 is 0. The quantitative estimate of drug-likeness (QED) is 0.746. The van der Waals surface area contributed by atoms with Crippen molar-refractivity contribution in [1.82, 2.24) is 9.80 Å². The number of carbonyl (C=O) groups is 2. The molecule has 0 spiro atoms. The number of aryl methyl sites for hydroxylation is 1. The van der Waals surface area contributed by atoms with Crippen molar-refractivity contribution in [2.75, 3.05) is 38.6 Å². The molecule has 0 bridgehead atoms. The summed E-state index contributed by atoms with van der Waals surface area (Å²) in [5.41, 5.74) is 2.66. The van der Waals surface area contributed by atoms with Crippen LogP contribution >= 0.6 is 0 Å². The average Bonchev–Trinajstić information content (AvgIpc) is 3.34. The zero-order valence-electron chi connectivity index (χ0n) is 19.0. The van der Waals surface area contributed by atoms with Crippen LogP contribution in [-0.4, -0.2) is 60.9 Å². The first-order chi connectivity index (χ1) is 15.5. The number of rotatable bonds is 6. The zero-order chi connectivity index (χ0) is 22.5. The van der Waals surface area contributed by atoms with E-state index in [4.69, 9.17) is 4.74 Å². The SMILES string of the molecule is COc1ccc(NC(=O)C(C2CCCC2)N2CCN(C(=O)c3ccc(C)cc3)CC2)cc1. The van der Waals surface area contributed by atoms with E-state index in [2.05, 4.69) is 10.2 Å². The van der Waals surface area contributed by atoms with Crippen molar-refractivity contribution in [1.29, 1.82) is 0 Å². The van der Waals surface area contributed by atoms with Gasteiger partial charge < -0.3 is 15.0 Å². The fourth-order valence-corrected chi connectivity index (χ4v) is 4.92. The van der Waals surface area contributed by atoms with Gasteiger partial charge in [-0.15, -0.1) is 0 Å². The molecule has 1 saturated carbocycles. The summed E-state index contributed by atoms with van der Waals surface area (Å²) in [6.07, 6.45) is 4.54. The van der Waals surface area contributed by atoms with Crippen molar-refractivity contribution >= 4 is 17.5 Å². The van der Waals surface area contributed by atoms with E-state index in [1.54, 1.807) is 7.11 Å². The van der Waals surface area contributed by atoms with Crippen LogP contribution in [0.15, 0.2) is 48.5 Å². The maximum Gasteiger partial charge on any atom is 0.253 e. The zero-order valence-corrected chi connectivity index (χ0v) is 19.0. The molecule has 2 amide bonds. The van der Waals surface area contributed by atoms with Crippen molar-refractivity contribution < 1.29 is 14.3 Å². The normalized spacial score (nSPS) is 18.4. The molecule has 1 atom stereocenters. The van der Waals surface area contributed by atoms with E-state index in [0.29, 0.717) is 19.0 Å². The van der Waals surface area contributed by atoms with Crippen LogP contribution in [0.2, 0.25) is 0 Å². The average molecular weight is 436 g/mol. The number of amides is 2. The Morgan fingerprint density at radius 1 is 0.938 bits per heavy atom. The Hall–Kier alpha value is -2.86. The molecular weight excluding hydrogens is 402 g/mol. The third-order valence-electron chi connectivity index (χ3n) is 6.77. The Labute approximate surface area is 190 Å². The highest BCUT2D eigenvalue weighted by atomic mass is 16.5. The molecule has 2 aromatic carbocycles.